The highest BCUT2D eigenvalue weighted by molar-refractivity contribution is 5.79. The van der Waals surface area contributed by atoms with Gasteiger partial charge in [-0.05, 0) is 26.2 Å². The largest absolute Gasteiger partial charge is 0.379 e. The van der Waals surface area contributed by atoms with Crippen molar-refractivity contribution >= 4 is 5.96 Å². The molecule has 0 unspecified atom stereocenters. The number of guanidine groups is 1. The summed E-state index contributed by atoms with van der Waals surface area (Å²) in [5.74, 6) is 0.920. The molecule has 0 amide bonds. The second-order valence-electron chi connectivity index (χ2n) is 6.63. The van der Waals surface area contributed by atoms with Gasteiger partial charge in [-0.2, -0.15) is 0 Å². The minimum atomic E-state index is 0.502. The van der Waals surface area contributed by atoms with Crippen LogP contribution in [0.5, 0.6) is 0 Å². The van der Waals surface area contributed by atoms with E-state index in [9.17, 15) is 0 Å². The molecule has 2 aliphatic rings. The first-order chi connectivity index (χ1) is 11.9. The second-order valence-corrected chi connectivity index (χ2v) is 6.63. The molecule has 0 spiro atoms. The average molecular weight is 341 g/mol. The Morgan fingerprint density at radius 2 is 1.96 bits per heavy atom. The maximum atomic E-state index is 5.96. The van der Waals surface area contributed by atoms with E-state index in [0.717, 1.165) is 71.5 Å². The summed E-state index contributed by atoms with van der Waals surface area (Å²) in [5.41, 5.74) is 0. The molecule has 2 fully saturated rings. The van der Waals surface area contributed by atoms with Gasteiger partial charge < -0.3 is 20.1 Å². The predicted octanol–water partition coefficient (Wildman–Crippen LogP) is 1.61. The molecule has 140 valence electrons. The van der Waals surface area contributed by atoms with Crippen LogP contribution < -0.4 is 10.6 Å². The van der Waals surface area contributed by atoms with Gasteiger partial charge in [0.15, 0.2) is 5.96 Å². The summed E-state index contributed by atoms with van der Waals surface area (Å²) in [7, 11) is 0. The molecule has 1 saturated heterocycles. The van der Waals surface area contributed by atoms with E-state index in [1.54, 1.807) is 0 Å². The molecule has 0 bridgehead atoms. The first kappa shape index (κ1) is 19.5. The van der Waals surface area contributed by atoms with E-state index < -0.39 is 0 Å². The van der Waals surface area contributed by atoms with Crippen LogP contribution in [0.2, 0.25) is 0 Å². The van der Waals surface area contributed by atoms with Gasteiger partial charge in [0.2, 0.25) is 0 Å². The highest BCUT2D eigenvalue weighted by atomic mass is 16.5. The van der Waals surface area contributed by atoms with Crippen LogP contribution in [0.3, 0.4) is 0 Å². The molecule has 0 aromatic heterocycles. The van der Waals surface area contributed by atoms with Crippen molar-refractivity contribution in [2.24, 2.45) is 4.99 Å². The molecular formula is C18H36N4O2. The highest BCUT2D eigenvalue weighted by Gasteiger charge is 2.13. The molecule has 2 rings (SSSR count). The SMILES string of the molecule is CCNC(=NCCCOC1CCCCC1)NCCN1CCOCC1. The minimum Gasteiger partial charge on any atom is -0.379 e. The van der Waals surface area contributed by atoms with Gasteiger partial charge in [-0.3, -0.25) is 9.89 Å². The first-order valence-electron chi connectivity index (χ1n) is 9.82. The molecular weight excluding hydrogens is 304 g/mol. The van der Waals surface area contributed by atoms with Crippen molar-refractivity contribution in [2.75, 3.05) is 59.1 Å². The van der Waals surface area contributed by atoms with Crippen molar-refractivity contribution < 1.29 is 9.47 Å². The number of hydrogen-bond acceptors (Lipinski definition) is 4. The summed E-state index contributed by atoms with van der Waals surface area (Å²) in [6.45, 7) is 10.4. The van der Waals surface area contributed by atoms with E-state index in [1.165, 1.54) is 32.1 Å². The zero-order valence-electron chi connectivity index (χ0n) is 15.4. The van der Waals surface area contributed by atoms with E-state index >= 15 is 0 Å². The number of nitrogens with zero attached hydrogens (tertiary/aromatic N) is 2. The van der Waals surface area contributed by atoms with E-state index in [4.69, 9.17) is 9.47 Å². The minimum absolute atomic E-state index is 0.502. The predicted molar refractivity (Wildman–Crippen MR) is 98.7 cm³/mol. The van der Waals surface area contributed by atoms with Gasteiger partial charge in [-0.25, -0.2) is 0 Å². The molecule has 1 aliphatic carbocycles. The highest BCUT2D eigenvalue weighted by Crippen LogP contribution is 2.20. The van der Waals surface area contributed by atoms with Crippen molar-refractivity contribution in [1.29, 1.82) is 0 Å². The molecule has 1 heterocycles. The van der Waals surface area contributed by atoms with Crippen LogP contribution in [-0.2, 0) is 9.47 Å². The van der Waals surface area contributed by atoms with Crippen LogP contribution in [0.15, 0.2) is 4.99 Å². The number of hydrogen-bond donors (Lipinski definition) is 2. The van der Waals surface area contributed by atoms with Gasteiger partial charge in [-0.1, -0.05) is 19.3 Å². The van der Waals surface area contributed by atoms with Crippen LogP contribution in [0.4, 0.5) is 0 Å². The number of rotatable bonds is 9. The summed E-state index contributed by atoms with van der Waals surface area (Å²) >= 11 is 0. The lowest BCUT2D eigenvalue weighted by molar-refractivity contribution is 0.0281. The lowest BCUT2D eigenvalue weighted by atomic mass is 9.98. The number of morpholine rings is 1. The topological polar surface area (TPSA) is 58.1 Å². The third-order valence-corrected chi connectivity index (χ3v) is 4.65. The molecule has 0 atom stereocenters. The van der Waals surface area contributed by atoms with Crippen molar-refractivity contribution in [1.82, 2.24) is 15.5 Å². The van der Waals surface area contributed by atoms with Crippen LogP contribution >= 0.6 is 0 Å². The van der Waals surface area contributed by atoms with Crippen molar-refractivity contribution in [3.8, 4) is 0 Å². The lowest BCUT2D eigenvalue weighted by Crippen LogP contribution is -2.44. The summed E-state index contributed by atoms with van der Waals surface area (Å²) in [5, 5.41) is 6.74. The Morgan fingerprint density at radius 3 is 2.71 bits per heavy atom. The Balaban J connectivity index is 1.55. The van der Waals surface area contributed by atoms with Gasteiger partial charge in [0.25, 0.3) is 0 Å². The Kier molecular flexibility index (Phi) is 10.1. The summed E-state index contributed by atoms with van der Waals surface area (Å²) in [4.78, 5) is 7.08. The Morgan fingerprint density at radius 1 is 1.17 bits per heavy atom. The molecule has 0 radical (unpaired) electrons. The molecule has 0 aromatic carbocycles. The fourth-order valence-corrected chi connectivity index (χ4v) is 3.24. The fraction of sp³-hybridized carbons (Fsp3) is 0.944. The summed E-state index contributed by atoms with van der Waals surface area (Å²) < 4.78 is 11.3. The van der Waals surface area contributed by atoms with Gasteiger partial charge in [0, 0.05) is 45.9 Å². The normalized spacial score (nSPS) is 21.0. The number of aliphatic imine (C=N–C) groups is 1. The maximum Gasteiger partial charge on any atom is 0.191 e. The van der Waals surface area contributed by atoms with Gasteiger partial charge in [-0.15, -0.1) is 0 Å². The number of ether oxygens (including phenoxy) is 2. The quantitative estimate of drug-likeness (QED) is 0.379. The smallest absolute Gasteiger partial charge is 0.191 e. The first-order valence-corrected chi connectivity index (χ1v) is 9.82. The van der Waals surface area contributed by atoms with Gasteiger partial charge in [0.1, 0.15) is 0 Å². The zero-order valence-corrected chi connectivity index (χ0v) is 15.4. The molecule has 24 heavy (non-hydrogen) atoms. The zero-order chi connectivity index (χ0) is 16.9. The van der Waals surface area contributed by atoms with Crippen LogP contribution in [-0.4, -0.2) is 76.1 Å². The van der Waals surface area contributed by atoms with Crippen LogP contribution in [0.1, 0.15) is 45.4 Å². The Hall–Kier alpha value is -0.850. The standard InChI is InChI=1S/C18H36N4O2/c1-2-19-18(21-10-11-22-12-15-23-16-13-22)20-9-6-14-24-17-7-4-3-5-8-17/h17H,2-16H2,1H3,(H2,19,20,21). The van der Waals surface area contributed by atoms with Crippen LogP contribution in [0, 0.1) is 0 Å². The van der Waals surface area contributed by atoms with E-state index in [2.05, 4.69) is 27.4 Å². The molecule has 1 aliphatic heterocycles. The number of nitrogens with one attached hydrogen (secondary N) is 2. The van der Waals surface area contributed by atoms with Crippen LogP contribution in [0.25, 0.3) is 0 Å². The van der Waals surface area contributed by atoms with Crippen molar-refractivity contribution in [3.05, 3.63) is 0 Å². The average Bonchev–Trinajstić information content (AvgIpc) is 2.63. The third-order valence-electron chi connectivity index (χ3n) is 4.65. The Labute approximate surface area is 147 Å². The van der Waals surface area contributed by atoms with Gasteiger partial charge in [0.05, 0.1) is 19.3 Å². The van der Waals surface area contributed by atoms with E-state index in [1.807, 2.05) is 0 Å². The van der Waals surface area contributed by atoms with E-state index in [0.29, 0.717) is 6.10 Å². The molecule has 0 aromatic rings. The Bertz CT molecular complexity index is 340. The van der Waals surface area contributed by atoms with Crippen molar-refractivity contribution in [3.63, 3.8) is 0 Å². The summed E-state index contributed by atoms with van der Waals surface area (Å²) in [6, 6.07) is 0. The molecule has 1 saturated carbocycles. The second kappa shape index (κ2) is 12.5. The van der Waals surface area contributed by atoms with E-state index in [-0.39, 0.29) is 0 Å². The molecule has 2 N–H and O–H groups in total. The monoisotopic (exact) mass is 340 g/mol. The lowest BCUT2D eigenvalue weighted by Gasteiger charge is -2.26. The maximum absolute atomic E-state index is 5.96. The fourth-order valence-electron chi connectivity index (χ4n) is 3.24. The molecule has 6 nitrogen and oxygen atoms in total. The third kappa shape index (κ3) is 8.31. The van der Waals surface area contributed by atoms with Gasteiger partial charge >= 0.3 is 0 Å². The molecule has 6 heteroatoms. The van der Waals surface area contributed by atoms with Crippen molar-refractivity contribution in [2.45, 2.75) is 51.6 Å². The summed E-state index contributed by atoms with van der Waals surface area (Å²) in [6.07, 6.45) is 8.04.